The second kappa shape index (κ2) is 2.56. The van der Waals surface area contributed by atoms with Crippen molar-refractivity contribution in [3.05, 3.63) is 0 Å². The molecule has 0 heterocycles. The maximum Gasteiger partial charge on any atom is -0.0360 e. The molecule has 0 saturated heterocycles. The first-order valence-electron chi connectivity index (χ1n) is 4.88. The van der Waals surface area contributed by atoms with Crippen LogP contribution in [0.3, 0.4) is 0 Å². The minimum Gasteiger partial charge on any atom is -0.0622 e. The summed E-state index contributed by atoms with van der Waals surface area (Å²) in [5.74, 6) is 3.34. The van der Waals surface area contributed by atoms with Gasteiger partial charge in [-0.1, -0.05) is 32.6 Å². The summed E-state index contributed by atoms with van der Waals surface area (Å²) < 4.78 is 0. The largest absolute Gasteiger partial charge is 0.0622 e. The highest BCUT2D eigenvalue weighted by atomic mass is 14.4. The fraction of sp³-hybridized carbons (Fsp3) is 1.00. The third-order valence-corrected chi connectivity index (χ3v) is 3.69. The van der Waals surface area contributed by atoms with Crippen LogP contribution in [-0.4, -0.2) is 0 Å². The molecule has 0 aromatic carbocycles. The van der Waals surface area contributed by atoms with Gasteiger partial charge in [-0.15, -0.1) is 0 Å². The lowest BCUT2D eigenvalue weighted by Crippen LogP contribution is -2.17. The van der Waals surface area contributed by atoms with Gasteiger partial charge in [0, 0.05) is 0 Å². The SMILES string of the molecule is CC1CCC2CCCCC12. The van der Waals surface area contributed by atoms with Crippen molar-refractivity contribution in [2.75, 3.05) is 0 Å². The topological polar surface area (TPSA) is 0 Å². The van der Waals surface area contributed by atoms with Gasteiger partial charge < -0.3 is 0 Å². The molecule has 0 radical (unpaired) electrons. The molecule has 2 aliphatic carbocycles. The molecule has 0 heteroatoms. The van der Waals surface area contributed by atoms with Crippen LogP contribution >= 0.6 is 0 Å². The molecular weight excluding hydrogens is 120 g/mol. The van der Waals surface area contributed by atoms with Gasteiger partial charge in [-0.25, -0.2) is 0 Å². The molecule has 0 aliphatic heterocycles. The minimum atomic E-state index is 1.06. The first-order chi connectivity index (χ1) is 4.88. The van der Waals surface area contributed by atoms with Crippen molar-refractivity contribution in [1.82, 2.24) is 0 Å². The molecule has 0 aromatic rings. The summed E-state index contributed by atoms with van der Waals surface area (Å²) >= 11 is 0. The molecular formula is C10H18. The predicted molar refractivity (Wildman–Crippen MR) is 43.8 cm³/mol. The Morgan fingerprint density at radius 3 is 2.50 bits per heavy atom. The van der Waals surface area contributed by atoms with E-state index >= 15 is 0 Å². The molecule has 0 amide bonds. The average Bonchev–Trinajstić information content (AvgIpc) is 2.34. The molecule has 58 valence electrons. The van der Waals surface area contributed by atoms with Gasteiger partial charge in [0.1, 0.15) is 0 Å². The molecule has 0 N–H and O–H groups in total. The summed E-state index contributed by atoms with van der Waals surface area (Å²) in [6.45, 7) is 2.45. The highest BCUT2D eigenvalue weighted by Gasteiger charge is 2.34. The van der Waals surface area contributed by atoms with E-state index in [0.717, 1.165) is 17.8 Å². The van der Waals surface area contributed by atoms with E-state index in [1.807, 2.05) is 0 Å². The van der Waals surface area contributed by atoms with Crippen molar-refractivity contribution in [1.29, 1.82) is 0 Å². The molecule has 0 nitrogen and oxygen atoms in total. The van der Waals surface area contributed by atoms with Crippen molar-refractivity contribution in [2.45, 2.75) is 45.4 Å². The molecule has 3 atom stereocenters. The highest BCUT2D eigenvalue weighted by Crippen LogP contribution is 2.45. The second-order valence-corrected chi connectivity index (χ2v) is 4.26. The predicted octanol–water partition coefficient (Wildman–Crippen LogP) is 3.22. The Labute approximate surface area is 64.0 Å². The van der Waals surface area contributed by atoms with Crippen molar-refractivity contribution in [2.24, 2.45) is 17.8 Å². The zero-order valence-electron chi connectivity index (χ0n) is 6.97. The van der Waals surface area contributed by atoms with E-state index in [0.29, 0.717) is 0 Å². The van der Waals surface area contributed by atoms with Crippen LogP contribution in [0.15, 0.2) is 0 Å². The number of hydrogen-bond donors (Lipinski definition) is 0. The van der Waals surface area contributed by atoms with Crippen LogP contribution in [-0.2, 0) is 0 Å². The van der Waals surface area contributed by atoms with Crippen LogP contribution in [0.5, 0.6) is 0 Å². The molecule has 2 rings (SSSR count). The smallest absolute Gasteiger partial charge is 0.0360 e. The molecule has 0 aromatic heterocycles. The van der Waals surface area contributed by atoms with E-state index < -0.39 is 0 Å². The lowest BCUT2D eigenvalue weighted by molar-refractivity contribution is 0.238. The molecule has 2 aliphatic rings. The Hall–Kier alpha value is 0. The summed E-state index contributed by atoms with van der Waals surface area (Å²) in [5, 5.41) is 0. The van der Waals surface area contributed by atoms with Crippen LogP contribution in [0.1, 0.15) is 45.4 Å². The van der Waals surface area contributed by atoms with E-state index in [2.05, 4.69) is 6.92 Å². The van der Waals surface area contributed by atoms with Gasteiger partial charge in [0.25, 0.3) is 0 Å². The quantitative estimate of drug-likeness (QED) is 0.482. The van der Waals surface area contributed by atoms with E-state index in [-0.39, 0.29) is 0 Å². The van der Waals surface area contributed by atoms with E-state index in [4.69, 9.17) is 0 Å². The summed E-state index contributed by atoms with van der Waals surface area (Å²) in [5.41, 5.74) is 0. The van der Waals surface area contributed by atoms with E-state index in [9.17, 15) is 0 Å². The summed E-state index contributed by atoms with van der Waals surface area (Å²) in [7, 11) is 0. The van der Waals surface area contributed by atoms with Crippen LogP contribution in [0.2, 0.25) is 0 Å². The van der Waals surface area contributed by atoms with Gasteiger partial charge in [-0.2, -0.15) is 0 Å². The molecule has 2 saturated carbocycles. The third kappa shape index (κ3) is 0.980. The number of rotatable bonds is 0. The average molecular weight is 138 g/mol. The van der Waals surface area contributed by atoms with Crippen LogP contribution in [0, 0.1) is 17.8 Å². The van der Waals surface area contributed by atoms with Crippen molar-refractivity contribution < 1.29 is 0 Å². The summed E-state index contributed by atoms with van der Waals surface area (Å²) in [4.78, 5) is 0. The third-order valence-electron chi connectivity index (χ3n) is 3.69. The second-order valence-electron chi connectivity index (χ2n) is 4.26. The molecule has 0 spiro atoms. The minimum absolute atomic E-state index is 1.06. The van der Waals surface area contributed by atoms with Crippen LogP contribution in [0.4, 0.5) is 0 Å². The fourth-order valence-corrected chi connectivity index (χ4v) is 3.03. The first kappa shape index (κ1) is 6.69. The van der Waals surface area contributed by atoms with Gasteiger partial charge in [0.15, 0.2) is 0 Å². The first-order valence-corrected chi connectivity index (χ1v) is 4.88. The van der Waals surface area contributed by atoms with Gasteiger partial charge in [0.2, 0.25) is 0 Å². The lowest BCUT2D eigenvalue weighted by atomic mass is 9.79. The Bertz CT molecular complexity index is 115. The van der Waals surface area contributed by atoms with Gasteiger partial charge in [-0.05, 0) is 30.6 Å². The number of hydrogen-bond acceptors (Lipinski definition) is 0. The zero-order valence-corrected chi connectivity index (χ0v) is 6.97. The van der Waals surface area contributed by atoms with Gasteiger partial charge >= 0.3 is 0 Å². The van der Waals surface area contributed by atoms with Crippen molar-refractivity contribution >= 4 is 0 Å². The molecule has 2 fully saturated rings. The summed E-state index contributed by atoms with van der Waals surface area (Å²) in [6.07, 6.45) is 9.21. The van der Waals surface area contributed by atoms with E-state index in [1.54, 1.807) is 19.3 Å². The molecule has 10 heavy (non-hydrogen) atoms. The molecule has 0 bridgehead atoms. The molecule has 3 unspecified atom stereocenters. The normalized spacial score (nSPS) is 47.1. The fourth-order valence-electron chi connectivity index (χ4n) is 3.03. The van der Waals surface area contributed by atoms with Crippen LogP contribution in [0.25, 0.3) is 0 Å². The Morgan fingerprint density at radius 1 is 0.900 bits per heavy atom. The van der Waals surface area contributed by atoms with Gasteiger partial charge in [-0.3, -0.25) is 0 Å². The van der Waals surface area contributed by atoms with Crippen LogP contribution < -0.4 is 0 Å². The monoisotopic (exact) mass is 138 g/mol. The Morgan fingerprint density at radius 2 is 1.70 bits per heavy atom. The Kier molecular flexibility index (Phi) is 1.71. The number of fused-ring (bicyclic) bond motifs is 1. The lowest BCUT2D eigenvalue weighted by Gasteiger charge is -2.27. The highest BCUT2D eigenvalue weighted by molar-refractivity contribution is 4.85. The standard InChI is InChI=1S/C10H18/c1-8-6-7-9-4-2-3-5-10(8)9/h8-10H,2-7H2,1H3. The van der Waals surface area contributed by atoms with Gasteiger partial charge in [0.05, 0.1) is 0 Å². The van der Waals surface area contributed by atoms with Crippen molar-refractivity contribution in [3.8, 4) is 0 Å². The Balaban J connectivity index is 2.01. The summed E-state index contributed by atoms with van der Waals surface area (Å²) in [6, 6.07) is 0. The van der Waals surface area contributed by atoms with E-state index in [1.165, 1.54) is 19.3 Å². The van der Waals surface area contributed by atoms with Crippen molar-refractivity contribution in [3.63, 3.8) is 0 Å². The zero-order chi connectivity index (χ0) is 6.97. The maximum atomic E-state index is 2.45. The maximum absolute atomic E-state index is 2.45.